The van der Waals surface area contributed by atoms with Gasteiger partial charge in [0.2, 0.25) is 5.91 Å². The quantitative estimate of drug-likeness (QED) is 0.650. The second-order valence-corrected chi connectivity index (χ2v) is 7.72. The van der Waals surface area contributed by atoms with Crippen LogP contribution >= 0.6 is 23.2 Å². The van der Waals surface area contributed by atoms with E-state index in [0.29, 0.717) is 45.7 Å². The number of anilines is 1. The van der Waals surface area contributed by atoms with E-state index in [-0.39, 0.29) is 12.6 Å². The van der Waals surface area contributed by atoms with Gasteiger partial charge in [-0.25, -0.2) is 4.68 Å². The van der Waals surface area contributed by atoms with Gasteiger partial charge in [0, 0.05) is 5.02 Å². The summed E-state index contributed by atoms with van der Waals surface area (Å²) in [5.74, 6) is -2.18. The maximum absolute atomic E-state index is 12.7. The summed E-state index contributed by atoms with van der Waals surface area (Å²) in [6, 6.07) is 4.93. The zero-order chi connectivity index (χ0) is 21.1. The monoisotopic (exact) mass is 437 g/mol. The molecule has 1 aromatic carbocycles. The van der Waals surface area contributed by atoms with E-state index in [0.717, 1.165) is 0 Å². The number of carbonyl (C=O) groups excluding carboxylic acids is 1. The predicted molar refractivity (Wildman–Crippen MR) is 110 cm³/mol. The van der Waals surface area contributed by atoms with Crippen molar-refractivity contribution in [2.75, 3.05) is 5.32 Å². The average molecular weight is 438 g/mol. The van der Waals surface area contributed by atoms with Crippen molar-refractivity contribution >= 4 is 40.8 Å². The van der Waals surface area contributed by atoms with Gasteiger partial charge in [0.1, 0.15) is 5.75 Å². The zero-order valence-electron chi connectivity index (χ0n) is 16.0. The van der Waals surface area contributed by atoms with Crippen LogP contribution in [-0.2, 0) is 16.3 Å². The number of aliphatic carboxylic acids is 1. The number of allylic oxidation sites excluding steroid dienone is 2. The van der Waals surface area contributed by atoms with E-state index >= 15 is 0 Å². The van der Waals surface area contributed by atoms with Crippen molar-refractivity contribution < 1.29 is 19.4 Å². The third kappa shape index (κ3) is 4.74. The van der Waals surface area contributed by atoms with E-state index < -0.39 is 17.8 Å². The summed E-state index contributed by atoms with van der Waals surface area (Å²) in [7, 11) is 0. The van der Waals surface area contributed by atoms with Crippen molar-refractivity contribution in [1.29, 1.82) is 0 Å². The summed E-state index contributed by atoms with van der Waals surface area (Å²) >= 11 is 12.0. The normalized spacial score (nSPS) is 18.5. The Morgan fingerprint density at radius 2 is 1.93 bits per heavy atom. The number of nitrogens with one attached hydrogen (secondary N) is 1. The molecule has 9 heteroatoms. The van der Waals surface area contributed by atoms with Crippen LogP contribution in [0.3, 0.4) is 0 Å². The first kappa shape index (κ1) is 21.2. The van der Waals surface area contributed by atoms with Gasteiger partial charge >= 0.3 is 5.97 Å². The Bertz CT molecular complexity index is 971. The molecule has 1 aromatic heterocycles. The topological polar surface area (TPSA) is 93.5 Å². The number of aryl methyl sites for hydroxylation is 1. The van der Waals surface area contributed by atoms with Crippen LogP contribution < -0.4 is 10.1 Å². The average Bonchev–Trinajstić information content (AvgIpc) is 2.94. The molecular formula is C20H21Cl2N3O4. The molecule has 1 heterocycles. The number of carbonyl (C=O) groups is 2. The molecule has 2 unspecified atom stereocenters. The third-order valence-corrected chi connectivity index (χ3v) is 5.48. The maximum Gasteiger partial charge on any atom is 0.307 e. The Hall–Kier alpha value is -2.51. The lowest BCUT2D eigenvalue weighted by atomic mass is 9.82. The molecular weight excluding hydrogens is 417 g/mol. The van der Waals surface area contributed by atoms with E-state index in [1.54, 1.807) is 42.8 Å². The fourth-order valence-corrected chi connectivity index (χ4v) is 3.78. The molecule has 0 fully saturated rings. The van der Waals surface area contributed by atoms with Gasteiger partial charge in [-0.1, -0.05) is 35.4 Å². The second kappa shape index (κ2) is 8.88. The molecule has 2 N–H and O–H groups in total. The van der Waals surface area contributed by atoms with Crippen LogP contribution in [0.25, 0.3) is 0 Å². The minimum Gasteiger partial charge on any atom is -0.481 e. The highest BCUT2D eigenvalue weighted by Gasteiger charge is 2.34. The molecule has 0 radical (unpaired) electrons. The summed E-state index contributed by atoms with van der Waals surface area (Å²) in [4.78, 5) is 24.2. The molecule has 0 bridgehead atoms. The third-order valence-electron chi connectivity index (χ3n) is 4.95. The molecule has 1 amide bonds. The standard InChI is InChI=1S/C20H21Cl2N3O4/c1-11-18(23-19(26)14-5-3-4-6-15(14)20(27)28)12(2)25(24-11)10-29-17-8-7-13(21)9-16(17)22/h3-4,7-9,14-15H,5-6,10H2,1-2H3,(H,23,26)(H,27,28). The molecule has 1 aliphatic carbocycles. The summed E-state index contributed by atoms with van der Waals surface area (Å²) < 4.78 is 7.31. The Labute approximate surface area is 178 Å². The van der Waals surface area contributed by atoms with E-state index in [1.807, 2.05) is 6.08 Å². The summed E-state index contributed by atoms with van der Waals surface area (Å²) in [5, 5.41) is 17.5. The van der Waals surface area contributed by atoms with Crippen molar-refractivity contribution in [1.82, 2.24) is 9.78 Å². The van der Waals surface area contributed by atoms with Gasteiger partial charge in [-0.15, -0.1) is 0 Å². The Kier molecular flexibility index (Phi) is 6.49. The van der Waals surface area contributed by atoms with E-state index in [9.17, 15) is 14.7 Å². The predicted octanol–water partition coefficient (Wildman–Crippen LogP) is 4.45. The van der Waals surface area contributed by atoms with Gasteiger partial charge in [-0.05, 0) is 44.9 Å². The van der Waals surface area contributed by atoms with Gasteiger partial charge in [-0.2, -0.15) is 5.10 Å². The highest BCUT2D eigenvalue weighted by Crippen LogP contribution is 2.30. The van der Waals surface area contributed by atoms with Crippen LogP contribution in [0.4, 0.5) is 5.69 Å². The highest BCUT2D eigenvalue weighted by molar-refractivity contribution is 6.35. The fourth-order valence-electron chi connectivity index (χ4n) is 3.32. The van der Waals surface area contributed by atoms with E-state index in [2.05, 4.69) is 10.4 Å². The first-order chi connectivity index (χ1) is 13.8. The molecule has 0 saturated carbocycles. The molecule has 2 atom stereocenters. The summed E-state index contributed by atoms with van der Waals surface area (Å²) in [5.41, 5.74) is 1.86. The lowest BCUT2D eigenvalue weighted by Crippen LogP contribution is -2.35. The first-order valence-electron chi connectivity index (χ1n) is 9.08. The van der Waals surface area contributed by atoms with Crippen molar-refractivity contribution in [2.45, 2.75) is 33.4 Å². The number of ether oxygens (including phenoxy) is 1. The van der Waals surface area contributed by atoms with Crippen LogP contribution in [0.15, 0.2) is 30.4 Å². The van der Waals surface area contributed by atoms with E-state index in [1.165, 1.54) is 0 Å². The number of hydrogen-bond acceptors (Lipinski definition) is 4. The van der Waals surface area contributed by atoms with Gasteiger partial charge in [-0.3, -0.25) is 9.59 Å². The minimum atomic E-state index is -0.966. The van der Waals surface area contributed by atoms with Gasteiger partial charge in [0.05, 0.1) is 33.9 Å². The molecule has 0 spiro atoms. The fraction of sp³-hybridized carbons (Fsp3) is 0.350. The molecule has 154 valence electrons. The molecule has 3 rings (SSSR count). The van der Waals surface area contributed by atoms with Crippen LogP contribution in [0.2, 0.25) is 10.0 Å². The number of hydrogen-bond donors (Lipinski definition) is 2. The number of carboxylic acid groups (broad SMARTS) is 1. The second-order valence-electron chi connectivity index (χ2n) is 6.88. The Morgan fingerprint density at radius 3 is 2.59 bits per heavy atom. The van der Waals surface area contributed by atoms with Gasteiger partial charge < -0.3 is 15.2 Å². The van der Waals surface area contributed by atoms with Crippen LogP contribution in [-0.4, -0.2) is 26.8 Å². The van der Waals surface area contributed by atoms with Crippen LogP contribution in [0.1, 0.15) is 24.2 Å². The van der Waals surface area contributed by atoms with Crippen molar-refractivity contribution in [2.24, 2.45) is 11.8 Å². The number of halogens is 2. The number of aromatic nitrogens is 2. The van der Waals surface area contributed by atoms with Crippen LogP contribution in [0, 0.1) is 25.7 Å². The Morgan fingerprint density at radius 1 is 1.24 bits per heavy atom. The number of rotatable bonds is 6. The summed E-state index contributed by atoms with van der Waals surface area (Å²) in [6.45, 7) is 3.66. The highest BCUT2D eigenvalue weighted by atomic mass is 35.5. The molecule has 0 aliphatic heterocycles. The van der Waals surface area contributed by atoms with Crippen molar-refractivity contribution in [3.05, 3.63) is 51.8 Å². The van der Waals surface area contributed by atoms with Crippen LogP contribution in [0.5, 0.6) is 5.75 Å². The molecule has 0 saturated heterocycles. The lowest BCUT2D eigenvalue weighted by molar-refractivity contribution is -0.146. The lowest BCUT2D eigenvalue weighted by Gasteiger charge is -2.24. The zero-order valence-corrected chi connectivity index (χ0v) is 17.5. The first-order valence-corrected chi connectivity index (χ1v) is 9.84. The number of carboxylic acids is 1. The SMILES string of the molecule is Cc1nn(COc2ccc(Cl)cc2Cl)c(C)c1NC(=O)C1CC=CCC1C(=O)O. The molecule has 29 heavy (non-hydrogen) atoms. The number of amides is 1. The largest absolute Gasteiger partial charge is 0.481 e. The van der Waals surface area contributed by atoms with Gasteiger partial charge in [0.25, 0.3) is 0 Å². The molecule has 2 aromatic rings. The molecule has 1 aliphatic rings. The Balaban J connectivity index is 1.72. The van der Waals surface area contributed by atoms with Crippen molar-refractivity contribution in [3.63, 3.8) is 0 Å². The smallest absolute Gasteiger partial charge is 0.307 e. The van der Waals surface area contributed by atoms with E-state index in [4.69, 9.17) is 27.9 Å². The maximum atomic E-state index is 12.7. The van der Waals surface area contributed by atoms with Crippen molar-refractivity contribution in [3.8, 4) is 5.75 Å². The van der Waals surface area contributed by atoms with Gasteiger partial charge in [0.15, 0.2) is 6.73 Å². The minimum absolute atomic E-state index is 0.0911. The molecule has 7 nitrogen and oxygen atoms in total. The summed E-state index contributed by atoms with van der Waals surface area (Å²) in [6.07, 6.45) is 4.39. The number of benzene rings is 1. The number of nitrogens with zero attached hydrogens (tertiary/aromatic N) is 2.